The van der Waals surface area contributed by atoms with E-state index < -0.39 is 24.2 Å². The number of rotatable bonds is 7. The van der Waals surface area contributed by atoms with Gasteiger partial charge in [0.15, 0.2) is 0 Å². The third-order valence-electron chi connectivity index (χ3n) is 2.20. The van der Waals surface area contributed by atoms with E-state index in [1.165, 1.54) is 6.92 Å². The lowest BCUT2D eigenvalue weighted by molar-refractivity contribution is -0.139. The van der Waals surface area contributed by atoms with Gasteiger partial charge >= 0.3 is 5.97 Å². The third kappa shape index (κ3) is 5.64. The summed E-state index contributed by atoms with van der Waals surface area (Å²) in [4.78, 5) is 21.1. The predicted octanol–water partition coefficient (Wildman–Crippen LogP) is -1.96. The van der Waals surface area contributed by atoms with Crippen molar-refractivity contribution < 1.29 is 24.9 Å². The number of aliphatic hydroxyl groups is 2. The first-order chi connectivity index (χ1) is 7.30. The van der Waals surface area contributed by atoms with Crippen LogP contribution in [0.5, 0.6) is 0 Å². The zero-order valence-electron chi connectivity index (χ0n) is 9.14. The van der Waals surface area contributed by atoms with Crippen LogP contribution < -0.4 is 11.1 Å². The van der Waals surface area contributed by atoms with Crippen LogP contribution in [0.2, 0.25) is 0 Å². The number of carboxylic acid groups (broad SMARTS) is 1. The molecule has 6 N–H and O–H groups in total. The minimum Gasteiger partial charge on any atom is -0.480 e. The maximum Gasteiger partial charge on any atom is 0.320 e. The number of carbonyl (C=O) groups is 2. The Morgan fingerprint density at radius 2 is 2.06 bits per heavy atom. The average Bonchev–Trinajstić information content (AvgIpc) is 2.23. The Hall–Kier alpha value is -1.18. The molecular weight excluding hydrogens is 216 g/mol. The number of nitrogens with two attached hydrogens (primary N) is 1. The fraction of sp³-hybridized carbons (Fsp3) is 0.778. The van der Waals surface area contributed by atoms with E-state index in [4.69, 9.17) is 15.9 Å². The number of nitrogens with one attached hydrogen (secondary N) is 1. The van der Waals surface area contributed by atoms with Crippen LogP contribution in [0.3, 0.4) is 0 Å². The largest absolute Gasteiger partial charge is 0.480 e. The van der Waals surface area contributed by atoms with Crippen molar-refractivity contribution in [2.45, 2.75) is 31.4 Å². The molecule has 0 aliphatic carbocycles. The molecule has 0 aromatic heterocycles. The van der Waals surface area contributed by atoms with Crippen molar-refractivity contribution in [1.29, 1.82) is 0 Å². The second-order valence-corrected chi connectivity index (χ2v) is 3.78. The average molecular weight is 234 g/mol. The number of carbonyl (C=O) groups excluding carboxylic acids is 1. The summed E-state index contributed by atoms with van der Waals surface area (Å²) < 4.78 is 0. The molecule has 1 unspecified atom stereocenters. The first-order valence-electron chi connectivity index (χ1n) is 4.87. The summed E-state index contributed by atoms with van der Waals surface area (Å²) in [7, 11) is 0. The highest BCUT2D eigenvalue weighted by Gasteiger charge is 2.28. The van der Waals surface area contributed by atoms with Gasteiger partial charge in [-0.05, 0) is 12.8 Å². The molecule has 1 amide bonds. The number of carboxylic acids is 1. The van der Waals surface area contributed by atoms with E-state index in [0.29, 0.717) is 0 Å². The Morgan fingerprint density at radius 3 is 2.44 bits per heavy atom. The van der Waals surface area contributed by atoms with Gasteiger partial charge < -0.3 is 26.4 Å². The molecular formula is C9H18N2O5. The highest BCUT2D eigenvalue weighted by molar-refractivity contribution is 5.73. The zero-order valence-corrected chi connectivity index (χ0v) is 9.14. The summed E-state index contributed by atoms with van der Waals surface area (Å²) >= 11 is 0. The molecule has 0 aliphatic heterocycles. The molecule has 0 heterocycles. The smallest absolute Gasteiger partial charge is 0.320 e. The van der Waals surface area contributed by atoms with Gasteiger partial charge in [0.25, 0.3) is 0 Å². The van der Waals surface area contributed by atoms with Crippen LogP contribution in [0.15, 0.2) is 0 Å². The minimum atomic E-state index is -1.53. The van der Waals surface area contributed by atoms with Gasteiger partial charge in [-0.2, -0.15) is 0 Å². The van der Waals surface area contributed by atoms with Gasteiger partial charge in [0.05, 0.1) is 6.61 Å². The second kappa shape index (κ2) is 6.41. The van der Waals surface area contributed by atoms with E-state index in [1.807, 2.05) is 0 Å². The van der Waals surface area contributed by atoms with Crippen molar-refractivity contribution in [2.24, 2.45) is 5.73 Å². The van der Waals surface area contributed by atoms with Crippen molar-refractivity contribution in [1.82, 2.24) is 5.32 Å². The number of hydrogen-bond donors (Lipinski definition) is 5. The Bertz CT molecular complexity index is 258. The van der Waals surface area contributed by atoms with Crippen molar-refractivity contribution in [3.63, 3.8) is 0 Å². The van der Waals surface area contributed by atoms with Gasteiger partial charge in [-0.15, -0.1) is 0 Å². The normalized spacial score (nSPS) is 16.2. The van der Waals surface area contributed by atoms with Gasteiger partial charge in [0.2, 0.25) is 5.91 Å². The molecule has 0 fully saturated rings. The summed E-state index contributed by atoms with van der Waals surface area (Å²) in [5.74, 6) is -1.51. The van der Waals surface area contributed by atoms with Crippen LogP contribution in [0, 0.1) is 0 Å². The first kappa shape index (κ1) is 14.8. The molecule has 0 aliphatic rings. The van der Waals surface area contributed by atoms with E-state index in [2.05, 4.69) is 5.32 Å². The topological polar surface area (TPSA) is 133 Å². The van der Waals surface area contributed by atoms with Gasteiger partial charge in [-0.25, -0.2) is 0 Å². The highest BCUT2D eigenvalue weighted by Crippen LogP contribution is 2.12. The molecule has 7 heteroatoms. The Kier molecular flexibility index (Phi) is 5.94. The molecule has 0 saturated heterocycles. The maximum atomic E-state index is 10.6. The summed E-state index contributed by atoms with van der Waals surface area (Å²) in [5.41, 5.74) is 3.73. The molecule has 7 nitrogen and oxygen atoms in total. The predicted molar refractivity (Wildman–Crippen MR) is 55.6 cm³/mol. The van der Waals surface area contributed by atoms with Crippen molar-refractivity contribution in [3.8, 4) is 0 Å². The monoisotopic (exact) mass is 234 g/mol. The maximum absolute atomic E-state index is 10.6. The van der Waals surface area contributed by atoms with Crippen LogP contribution in [0.1, 0.15) is 19.8 Å². The van der Waals surface area contributed by atoms with E-state index in [9.17, 15) is 14.7 Å². The third-order valence-corrected chi connectivity index (χ3v) is 2.20. The molecule has 0 saturated carbocycles. The van der Waals surface area contributed by atoms with Gasteiger partial charge in [0, 0.05) is 13.5 Å². The molecule has 2 atom stereocenters. The van der Waals surface area contributed by atoms with Crippen LogP contribution in [0.4, 0.5) is 0 Å². The quantitative estimate of drug-likeness (QED) is 0.347. The molecule has 16 heavy (non-hydrogen) atoms. The molecule has 0 spiro atoms. The Morgan fingerprint density at radius 1 is 1.50 bits per heavy atom. The van der Waals surface area contributed by atoms with Crippen LogP contribution >= 0.6 is 0 Å². The fourth-order valence-corrected chi connectivity index (χ4v) is 1.06. The van der Waals surface area contributed by atoms with E-state index >= 15 is 0 Å². The summed E-state index contributed by atoms with van der Waals surface area (Å²) in [6, 6.07) is -1.09. The lowest BCUT2D eigenvalue weighted by atomic mass is 9.96. The second-order valence-electron chi connectivity index (χ2n) is 3.78. The molecule has 0 aromatic rings. The zero-order chi connectivity index (χ0) is 12.8. The summed E-state index contributed by atoms with van der Waals surface area (Å²) in [6.45, 7) is 0.575. The van der Waals surface area contributed by atoms with Crippen LogP contribution in [-0.4, -0.2) is 52.0 Å². The SMILES string of the molecule is CC(=O)NCC(O)(CO)CC[C@H](N)C(=O)O. The number of amides is 1. The van der Waals surface area contributed by atoms with E-state index in [1.54, 1.807) is 0 Å². The van der Waals surface area contributed by atoms with Crippen molar-refractivity contribution >= 4 is 11.9 Å². The molecule has 0 bridgehead atoms. The van der Waals surface area contributed by atoms with Crippen molar-refractivity contribution in [2.75, 3.05) is 13.2 Å². The molecule has 0 radical (unpaired) electrons. The Labute approximate surface area is 93.3 Å². The van der Waals surface area contributed by atoms with Crippen LogP contribution in [0.25, 0.3) is 0 Å². The van der Waals surface area contributed by atoms with Crippen LogP contribution in [-0.2, 0) is 9.59 Å². The standard InChI is InChI=1S/C9H18N2O5/c1-6(13)11-4-9(16,5-12)3-2-7(10)8(14)15/h7,12,16H,2-5,10H2,1H3,(H,11,13)(H,14,15)/t7-,9?/m0/s1. The molecule has 0 rings (SSSR count). The Balaban J connectivity index is 4.15. The van der Waals surface area contributed by atoms with E-state index in [0.717, 1.165) is 0 Å². The lowest BCUT2D eigenvalue weighted by Gasteiger charge is -2.26. The van der Waals surface area contributed by atoms with Gasteiger partial charge in [-0.3, -0.25) is 9.59 Å². The summed E-state index contributed by atoms with van der Waals surface area (Å²) in [6.07, 6.45) is 0.0171. The fourth-order valence-electron chi connectivity index (χ4n) is 1.06. The number of hydrogen-bond acceptors (Lipinski definition) is 5. The lowest BCUT2D eigenvalue weighted by Crippen LogP contribution is -2.46. The first-order valence-corrected chi connectivity index (χ1v) is 4.87. The highest BCUT2D eigenvalue weighted by atomic mass is 16.4. The summed E-state index contributed by atoms with van der Waals surface area (Å²) in [5, 5.41) is 29.6. The molecule has 0 aromatic carbocycles. The van der Waals surface area contributed by atoms with Crippen molar-refractivity contribution in [3.05, 3.63) is 0 Å². The van der Waals surface area contributed by atoms with Gasteiger partial charge in [0.1, 0.15) is 11.6 Å². The molecule has 94 valence electrons. The number of aliphatic carboxylic acids is 1. The van der Waals surface area contributed by atoms with Gasteiger partial charge in [-0.1, -0.05) is 0 Å². The number of aliphatic hydroxyl groups excluding tert-OH is 1. The van der Waals surface area contributed by atoms with E-state index in [-0.39, 0.29) is 25.3 Å². The minimum absolute atomic E-state index is 0.00273.